The minimum absolute atomic E-state index is 0.0294. The van der Waals surface area contributed by atoms with Crippen molar-refractivity contribution < 1.29 is 9.59 Å². The van der Waals surface area contributed by atoms with E-state index in [4.69, 9.17) is 5.73 Å². The van der Waals surface area contributed by atoms with Crippen LogP contribution in [-0.4, -0.2) is 29.3 Å². The maximum absolute atomic E-state index is 12.5. The summed E-state index contributed by atoms with van der Waals surface area (Å²) in [6, 6.07) is -0.0619. The first-order chi connectivity index (χ1) is 9.24. The number of imide groups is 1. The van der Waals surface area contributed by atoms with Crippen LogP contribution >= 0.6 is 0 Å². The first-order valence-electron chi connectivity index (χ1n) is 7.46. The molecule has 0 aromatic heterocycles. The highest BCUT2D eigenvalue weighted by molar-refractivity contribution is 6.05. The van der Waals surface area contributed by atoms with Crippen molar-refractivity contribution in [1.29, 1.82) is 0 Å². The Morgan fingerprint density at radius 1 is 1.11 bits per heavy atom. The Hall–Kier alpha value is -1.16. The van der Waals surface area contributed by atoms with Crippen LogP contribution in [0.4, 0.5) is 0 Å². The molecule has 3 atom stereocenters. The molecule has 0 bridgehead atoms. The van der Waals surface area contributed by atoms with Crippen molar-refractivity contribution in [3.63, 3.8) is 0 Å². The van der Waals surface area contributed by atoms with Gasteiger partial charge >= 0.3 is 0 Å². The lowest BCUT2D eigenvalue weighted by Crippen LogP contribution is -2.48. The average Bonchev–Trinajstić information content (AvgIpc) is 3.04. The minimum atomic E-state index is -0.118. The molecule has 2 N–H and O–H groups in total. The predicted octanol–water partition coefficient (Wildman–Crippen LogP) is 1.46. The number of nitrogens with zero attached hydrogens (tertiary/aromatic N) is 1. The van der Waals surface area contributed by atoms with Gasteiger partial charge in [0.1, 0.15) is 0 Å². The number of allylic oxidation sites excluding steroid dienone is 2. The number of carbonyl (C=O) groups excluding carboxylic acids is 2. The Labute approximate surface area is 114 Å². The van der Waals surface area contributed by atoms with Crippen molar-refractivity contribution in [3.05, 3.63) is 12.2 Å². The van der Waals surface area contributed by atoms with Crippen molar-refractivity contribution in [2.75, 3.05) is 6.54 Å². The van der Waals surface area contributed by atoms with Gasteiger partial charge in [-0.3, -0.25) is 14.5 Å². The fourth-order valence-electron chi connectivity index (χ4n) is 4.00. The molecular weight excluding hydrogens is 240 g/mol. The van der Waals surface area contributed by atoms with Crippen molar-refractivity contribution in [3.8, 4) is 0 Å². The third-order valence-electron chi connectivity index (χ3n) is 5.06. The predicted molar refractivity (Wildman–Crippen MR) is 72.0 cm³/mol. The highest BCUT2D eigenvalue weighted by Gasteiger charge is 2.50. The fraction of sp³-hybridized carbons (Fsp3) is 0.733. The Morgan fingerprint density at radius 3 is 2.11 bits per heavy atom. The maximum Gasteiger partial charge on any atom is 0.233 e. The Kier molecular flexibility index (Phi) is 3.44. The second-order valence-corrected chi connectivity index (χ2v) is 6.05. The van der Waals surface area contributed by atoms with E-state index in [0.29, 0.717) is 25.3 Å². The van der Waals surface area contributed by atoms with E-state index in [1.807, 2.05) is 12.2 Å². The van der Waals surface area contributed by atoms with Crippen LogP contribution in [-0.2, 0) is 9.59 Å². The lowest BCUT2D eigenvalue weighted by Gasteiger charge is -2.30. The number of carbonyl (C=O) groups is 2. The van der Waals surface area contributed by atoms with E-state index in [2.05, 4.69) is 0 Å². The van der Waals surface area contributed by atoms with E-state index in [0.717, 1.165) is 12.8 Å². The van der Waals surface area contributed by atoms with Gasteiger partial charge in [0.15, 0.2) is 0 Å². The monoisotopic (exact) mass is 262 g/mol. The zero-order chi connectivity index (χ0) is 13.4. The first-order valence-corrected chi connectivity index (χ1v) is 7.46. The SMILES string of the molecule is NCC(C1CCCC1)N1C(=O)C2CC=CCC2C1=O. The largest absolute Gasteiger partial charge is 0.328 e. The van der Waals surface area contributed by atoms with Crippen LogP contribution in [0.3, 0.4) is 0 Å². The molecule has 1 aliphatic heterocycles. The van der Waals surface area contributed by atoms with Gasteiger partial charge in [0.2, 0.25) is 11.8 Å². The second-order valence-electron chi connectivity index (χ2n) is 6.05. The van der Waals surface area contributed by atoms with Gasteiger partial charge in [0.05, 0.1) is 17.9 Å². The average molecular weight is 262 g/mol. The van der Waals surface area contributed by atoms with E-state index < -0.39 is 0 Å². The molecule has 4 nitrogen and oxygen atoms in total. The van der Waals surface area contributed by atoms with Gasteiger partial charge in [-0.15, -0.1) is 0 Å². The molecule has 2 aliphatic carbocycles. The van der Waals surface area contributed by atoms with Crippen LogP contribution in [0.5, 0.6) is 0 Å². The highest BCUT2D eigenvalue weighted by atomic mass is 16.2. The summed E-state index contributed by atoms with van der Waals surface area (Å²) in [6.45, 7) is 0.412. The van der Waals surface area contributed by atoms with Gasteiger partial charge in [-0.2, -0.15) is 0 Å². The lowest BCUT2D eigenvalue weighted by atomic mass is 9.85. The first kappa shape index (κ1) is 12.9. The summed E-state index contributed by atoms with van der Waals surface area (Å²) in [5.74, 6) is 0.246. The molecular formula is C15H22N2O2. The number of hydrogen-bond acceptors (Lipinski definition) is 3. The summed E-state index contributed by atoms with van der Waals surface area (Å²) >= 11 is 0. The molecule has 2 fully saturated rings. The third kappa shape index (κ3) is 2.02. The van der Waals surface area contributed by atoms with Gasteiger partial charge in [0.25, 0.3) is 0 Å². The molecule has 0 radical (unpaired) electrons. The molecule has 4 heteroatoms. The van der Waals surface area contributed by atoms with Gasteiger partial charge in [-0.05, 0) is 31.6 Å². The highest BCUT2D eigenvalue weighted by Crippen LogP contribution is 2.39. The fourth-order valence-corrected chi connectivity index (χ4v) is 4.00. The summed E-state index contributed by atoms with van der Waals surface area (Å²) in [5.41, 5.74) is 5.88. The van der Waals surface area contributed by atoms with Crippen LogP contribution < -0.4 is 5.73 Å². The summed E-state index contributed by atoms with van der Waals surface area (Å²) in [5, 5.41) is 0. The Morgan fingerprint density at radius 2 is 1.63 bits per heavy atom. The molecule has 0 spiro atoms. The van der Waals surface area contributed by atoms with Crippen LogP contribution in [0.2, 0.25) is 0 Å². The van der Waals surface area contributed by atoms with E-state index in [1.54, 1.807) is 4.90 Å². The van der Waals surface area contributed by atoms with Gasteiger partial charge < -0.3 is 5.73 Å². The Balaban J connectivity index is 1.83. The number of nitrogens with two attached hydrogens (primary N) is 1. The topological polar surface area (TPSA) is 63.4 Å². The van der Waals surface area contributed by atoms with Crippen molar-refractivity contribution in [2.24, 2.45) is 23.5 Å². The number of fused-ring (bicyclic) bond motifs is 1. The minimum Gasteiger partial charge on any atom is -0.328 e. The molecule has 3 aliphatic rings. The molecule has 3 unspecified atom stereocenters. The van der Waals surface area contributed by atoms with Crippen molar-refractivity contribution in [2.45, 2.75) is 44.6 Å². The third-order valence-corrected chi connectivity index (χ3v) is 5.06. The Bertz CT molecular complexity index is 386. The molecule has 0 aromatic rings. The molecule has 104 valence electrons. The normalized spacial score (nSPS) is 33.0. The lowest BCUT2D eigenvalue weighted by molar-refractivity contribution is -0.143. The summed E-state index contributed by atoms with van der Waals surface area (Å²) in [4.78, 5) is 26.6. The number of likely N-dealkylation sites (tertiary alicyclic amines) is 1. The van der Waals surface area contributed by atoms with E-state index in [1.165, 1.54) is 12.8 Å². The van der Waals surface area contributed by atoms with Crippen molar-refractivity contribution >= 4 is 11.8 Å². The van der Waals surface area contributed by atoms with Gasteiger partial charge in [0, 0.05) is 6.54 Å². The van der Waals surface area contributed by atoms with E-state index >= 15 is 0 Å². The molecule has 1 saturated carbocycles. The zero-order valence-electron chi connectivity index (χ0n) is 11.3. The van der Waals surface area contributed by atoms with Crippen molar-refractivity contribution in [1.82, 2.24) is 4.90 Å². The zero-order valence-corrected chi connectivity index (χ0v) is 11.3. The smallest absolute Gasteiger partial charge is 0.233 e. The molecule has 1 heterocycles. The molecule has 0 aromatic carbocycles. The number of amides is 2. The van der Waals surface area contributed by atoms with Crippen LogP contribution in [0, 0.1) is 17.8 Å². The van der Waals surface area contributed by atoms with Crippen LogP contribution in [0.25, 0.3) is 0 Å². The molecule has 3 rings (SSSR count). The summed E-state index contributed by atoms with van der Waals surface area (Å²) < 4.78 is 0. The quantitative estimate of drug-likeness (QED) is 0.618. The van der Waals surface area contributed by atoms with Gasteiger partial charge in [-0.25, -0.2) is 0 Å². The van der Waals surface area contributed by atoms with E-state index in [9.17, 15) is 9.59 Å². The number of hydrogen-bond donors (Lipinski definition) is 1. The van der Waals surface area contributed by atoms with Crippen LogP contribution in [0.1, 0.15) is 38.5 Å². The van der Waals surface area contributed by atoms with E-state index in [-0.39, 0.29) is 29.7 Å². The molecule has 1 saturated heterocycles. The molecule has 2 amide bonds. The van der Waals surface area contributed by atoms with Gasteiger partial charge in [-0.1, -0.05) is 25.0 Å². The molecule has 19 heavy (non-hydrogen) atoms. The summed E-state index contributed by atoms with van der Waals surface area (Å²) in [6.07, 6.45) is 10.1. The maximum atomic E-state index is 12.5. The summed E-state index contributed by atoms with van der Waals surface area (Å²) in [7, 11) is 0. The number of rotatable bonds is 3. The second kappa shape index (κ2) is 5.08. The standard InChI is InChI=1S/C15H22N2O2/c16-9-13(10-5-1-2-6-10)17-14(18)11-7-3-4-8-12(11)15(17)19/h3-4,10-13H,1-2,5-9,16H2. The van der Waals surface area contributed by atoms with Crippen LogP contribution in [0.15, 0.2) is 12.2 Å².